The standard InChI is InChI=1S/C20H28N8/c1-5-28(6-2)20-18(19-23-25-26-24-19)17(15-12-21-27(4)13(15)3)14-10-8-7-9-11-16(14)22-20/h12H,5-11H2,1-4H3,(H,23,24,25,26). The van der Waals surface area contributed by atoms with E-state index in [2.05, 4.69) is 51.4 Å². The second-order valence-corrected chi connectivity index (χ2v) is 7.36. The van der Waals surface area contributed by atoms with Gasteiger partial charge in [0.05, 0.1) is 11.8 Å². The van der Waals surface area contributed by atoms with Gasteiger partial charge in [0.25, 0.3) is 0 Å². The van der Waals surface area contributed by atoms with Crippen LogP contribution in [-0.2, 0) is 19.9 Å². The lowest BCUT2D eigenvalue weighted by Gasteiger charge is -2.26. The molecule has 148 valence electrons. The van der Waals surface area contributed by atoms with Crippen molar-refractivity contribution >= 4 is 5.82 Å². The van der Waals surface area contributed by atoms with Gasteiger partial charge in [-0.1, -0.05) is 6.42 Å². The molecule has 8 heteroatoms. The van der Waals surface area contributed by atoms with Crippen molar-refractivity contribution in [1.29, 1.82) is 0 Å². The molecule has 3 heterocycles. The molecule has 1 aliphatic rings. The van der Waals surface area contributed by atoms with Crippen LogP contribution in [0.5, 0.6) is 0 Å². The molecule has 8 nitrogen and oxygen atoms in total. The maximum atomic E-state index is 5.18. The summed E-state index contributed by atoms with van der Waals surface area (Å²) in [6, 6.07) is 0. The second kappa shape index (κ2) is 7.69. The van der Waals surface area contributed by atoms with Gasteiger partial charge in [0.15, 0.2) is 5.82 Å². The van der Waals surface area contributed by atoms with E-state index in [1.165, 1.54) is 36.1 Å². The minimum Gasteiger partial charge on any atom is -0.357 e. The first-order valence-corrected chi connectivity index (χ1v) is 10.2. The molecule has 0 aliphatic heterocycles. The van der Waals surface area contributed by atoms with E-state index >= 15 is 0 Å². The largest absolute Gasteiger partial charge is 0.357 e. The molecule has 1 aliphatic carbocycles. The molecule has 0 spiro atoms. The first-order valence-electron chi connectivity index (χ1n) is 10.2. The Hall–Kier alpha value is -2.77. The fourth-order valence-electron chi connectivity index (χ4n) is 4.19. The van der Waals surface area contributed by atoms with E-state index in [4.69, 9.17) is 4.98 Å². The molecule has 0 atom stereocenters. The average molecular weight is 381 g/mol. The maximum absolute atomic E-state index is 5.18. The zero-order valence-corrected chi connectivity index (χ0v) is 17.2. The number of hydrogen-bond acceptors (Lipinski definition) is 6. The SMILES string of the molecule is CCN(CC)c1nc2c(c(-c3cnn(C)c3C)c1-c1nnn[nH]1)CCCCC2. The number of aromatic amines is 1. The van der Waals surface area contributed by atoms with E-state index in [0.717, 1.165) is 48.6 Å². The lowest BCUT2D eigenvalue weighted by molar-refractivity contribution is 0.708. The van der Waals surface area contributed by atoms with Crippen LogP contribution in [0, 0.1) is 6.92 Å². The van der Waals surface area contributed by atoms with Crippen molar-refractivity contribution in [3.05, 3.63) is 23.1 Å². The van der Waals surface area contributed by atoms with Gasteiger partial charge in [0.2, 0.25) is 0 Å². The number of H-pyrrole nitrogens is 1. The summed E-state index contributed by atoms with van der Waals surface area (Å²) in [5.41, 5.74) is 7.01. The first kappa shape index (κ1) is 18.6. The zero-order chi connectivity index (χ0) is 19.7. The lowest BCUT2D eigenvalue weighted by Crippen LogP contribution is -2.25. The maximum Gasteiger partial charge on any atom is 0.183 e. The number of tetrazole rings is 1. The predicted molar refractivity (Wildman–Crippen MR) is 109 cm³/mol. The van der Waals surface area contributed by atoms with Crippen molar-refractivity contribution < 1.29 is 0 Å². The van der Waals surface area contributed by atoms with Crippen LogP contribution >= 0.6 is 0 Å². The molecule has 0 amide bonds. The molecule has 0 saturated heterocycles. The Morgan fingerprint density at radius 2 is 1.89 bits per heavy atom. The first-order chi connectivity index (χ1) is 13.7. The number of aromatic nitrogens is 7. The molecule has 0 radical (unpaired) electrons. The third-order valence-corrected chi connectivity index (χ3v) is 5.85. The van der Waals surface area contributed by atoms with Crippen LogP contribution in [0.2, 0.25) is 0 Å². The monoisotopic (exact) mass is 380 g/mol. The summed E-state index contributed by atoms with van der Waals surface area (Å²) in [5.74, 6) is 1.63. The molecule has 4 rings (SSSR count). The minimum atomic E-state index is 0.666. The van der Waals surface area contributed by atoms with Crippen LogP contribution in [0.25, 0.3) is 22.5 Å². The Kier molecular flexibility index (Phi) is 5.11. The Morgan fingerprint density at radius 1 is 1.11 bits per heavy atom. The summed E-state index contributed by atoms with van der Waals surface area (Å²) in [6.07, 6.45) is 7.62. The Morgan fingerprint density at radius 3 is 2.54 bits per heavy atom. The molecule has 0 fully saturated rings. The highest BCUT2D eigenvalue weighted by atomic mass is 15.5. The average Bonchev–Trinajstić information content (AvgIpc) is 3.27. The Bertz CT molecular complexity index is 953. The molecule has 3 aromatic rings. The number of pyridine rings is 1. The van der Waals surface area contributed by atoms with Gasteiger partial charge in [0.1, 0.15) is 5.82 Å². The number of nitrogens with one attached hydrogen (secondary N) is 1. The van der Waals surface area contributed by atoms with Crippen LogP contribution in [0.3, 0.4) is 0 Å². The highest BCUT2D eigenvalue weighted by molar-refractivity contribution is 5.91. The normalized spacial score (nSPS) is 14.0. The molecule has 28 heavy (non-hydrogen) atoms. The topological polar surface area (TPSA) is 88.4 Å². The molecular formula is C20H28N8. The van der Waals surface area contributed by atoms with Crippen molar-refractivity contribution in [3.63, 3.8) is 0 Å². The van der Waals surface area contributed by atoms with Gasteiger partial charge < -0.3 is 4.90 Å². The summed E-state index contributed by atoms with van der Waals surface area (Å²) in [6.45, 7) is 8.19. The Balaban J connectivity index is 2.10. The van der Waals surface area contributed by atoms with Crippen LogP contribution in [0.15, 0.2) is 6.20 Å². The van der Waals surface area contributed by atoms with Crippen LogP contribution in [-0.4, -0.2) is 48.5 Å². The van der Waals surface area contributed by atoms with E-state index in [9.17, 15) is 0 Å². The third-order valence-electron chi connectivity index (χ3n) is 5.85. The van der Waals surface area contributed by atoms with Gasteiger partial charge in [0, 0.05) is 42.7 Å². The minimum absolute atomic E-state index is 0.666. The summed E-state index contributed by atoms with van der Waals surface area (Å²) in [4.78, 5) is 7.47. The third kappa shape index (κ3) is 3.06. The fraction of sp³-hybridized carbons (Fsp3) is 0.550. The molecule has 0 aromatic carbocycles. The molecular weight excluding hydrogens is 352 g/mol. The Labute approximate surface area is 165 Å². The van der Waals surface area contributed by atoms with Crippen molar-refractivity contribution in [3.8, 4) is 22.5 Å². The highest BCUT2D eigenvalue weighted by Crippen LogP contribution is 2.43. The number of fused-ring (bicyclic) bond motifs is 1. The smallest absolute Gasteiger partial charge is 0.183 e. The van der Waals surface area contributed by atoms with E-state index in [1.807, 2.05) is 17.9 Å². The number of nitrogens with zero attached hydrogens (tertiary/aromatic N) is 7. The van der Waals surface area contributed by atoms with Crippen LogP contribution in [0.1, 0.15) is 50.1 Å². The van der Waals surface area contributed by atoms with Crippen molar-refractivity contribution in [1.82, 2.24) is 35.4 Å². The van der Waals surface area contributed by atoms with Crippen LogP contribution in [0.4, 0.5) is 5.82 Å². The molecule has 1 N–H and O–H groups in total. The van der Waals surface area contributed by atoms with Gasteiger partial charge >= 0.3 is 0 Å². The van der Waals surface area contributed by atoms with Gasteiger partial charge in [-0.2, -0.15) is 5.10 Å². The van der Waals surface area contributed by atoms with Gasteiger partial charge in [-0.3, -0.25) is 4.68 Å². The quantitative estimate of drug-likeness (QED) is 0.684. The van der Waals surface area contributed by atoms with Crippen molar-refractivity contribution in [2.75, 3.05) is 18.0 Å². The van der Waals surface area contributed by atoms with E-state index in [1.54, 1.807) is 0 Å². The molecule has 0 saturated carbocycles. The van der Waals surface area contributed by atoms with E-state index in [-0.39, 0.29) is 0 Å². The lowest BCUT2D eigenvalue weighted by atomic mass is 9.91. The predicted octanol–water partition coefficient (Wildman–Crippen LogP) is 3.09. The van der Waals surface area contributed by atoms with Crippen LogP contribution < -0.4 is 4.90 Å². The van der Waals surface area contributed by atoms with Gasteiger partial charge in [-0.05, 0) is 62.4 Å². The molecule has 0 unspecified atom stereocenters. The van der Waals surface area contributed by atoms with Gasteiger partial charge in [-0.15, -0.1) is 5.10 Å². The second-order valence-electron chi connectivity index (χ2n) is 7.36. The molecule has 0 bridgehead atoms. The zero-order valence-electron chi connectivity index (χ0n) is 17.2. The van der Waals surface area contributed by atoms with Gasteiger partial charge in [-0.25, -0.2) is 10.1 Å². The highest BCUT2D eigenvalue weighted by Gasteiger charge is 2.28. The van der Waals surface area contributed by atoms with Crippen molar-refractivity contribution in [2.24, 2.45) is 7.05 Å². The fourth-order valence-corrected chi connectivity index (χ4v) is 4.19. The number of anilines is 1. The number of hydrogen-bond donors (Lipinski definition) is 1. The van der Waals surface area contributed by atoms with E-state index < -0.39 is 0 Å². The van der Waals surface area contributed by atoms with Crippen molar-refractivity contribution in [2.45, 2.75) is 52.9 Å². The summed E-state index contributed by atoms with van der Waals surface area (Å²) >= 11 is 0. The van der Waals surface area contributed by atoms with E-state index in [0.29, 0.717) is 5.82 Å². The summed E-state index contributed by atoms with van der Waals surface area (Å²) in [7, 11) is 1.99. The summed E-state index contributed by atoms with van der Waals surface area (Å²) in [5, 5.41) is 19.5. The number of aryl methyl sites for hydroxylation is 2. The number of rotatable bonds is 5. The molecule has 3 aromatic heterocycles. The summed E-state index contributed by atoms with van der Waals surface area (Å²) < 4.78 is 1.93.